The van der Waals surface area contributed by atoms with E-state index in [1.807, 2.05) is 26.0 Å². The molecule has 18 heavy (non-hydrogen) atoms. The van der Waals surface area contributed by atoms with Crippen molar-refractivity contribution >= 4 is 5.91 Å². The molecule has 0 saturated carbocycles. The second-order valence-electron chi connectivity index (χ2n) is 4.05. The summed E-state index contributed by atoms with van der Waals surface area (Å²) in [7, 11) is 0. The Balaban J connectivity index is 2.40. The summed E-state index contributed by atoms with van der Waals surface area (Å²) in [6, 6.07) is 0. The van der Waals surface area contributed by atoms with Crippen molar-refractivity contribution in [1.29, 1.82) is 0 Å². The highest BCUT2D eigenvalue weighted by atomic mass is 16.1. The smallest absolute Gasteiger partial charge is 0.271 e. The number of nitrogens with zero attached hydrogens (tertiary/aromatic N) is 1. The largest absolute Gasteiger partial charge is 0.348 e. The van der Waals surface area contributed by atoms with Crippen LogP contribution in [-0.2, 0) is 6.42 Å². The number of hydrogen-bond acceptors (Lipinski definition) is 2. The Kier molecular flexibility index (Phi) is 5.91. The minimum atomic E-state index is -0.146. The molecule has 98 valence electrons. The summed E-state index contributed by atoms with van der Waals surface area (Å²) in [5.41, 5.74) is 1.65. The van der Waals surface area contributed by atoms with Gasteiger partial charge in [-0.2, -0.15) is 0 Å². The number of carbonyl (C=O) groups excluding carboxylic acids is 1. The van der Waals surface area contributed by atoms with E-state index in [1.165, 1.54) is 5.57 Å². The Morgan fingerprint density at radius 2 is 2.28 bits per heavy atom. The van der Waals surface area contributed by atoms with Crippen LogP contribution in [0.1, 0.15) is 43.5 Å². The zero-order chi connectivity index (χ0) is 13.4. The highest BCUT2D eigenvalue weighted by Crippen LogP contribution is 1.98. The van der Waals surface area contributed by atoms with E-state index in [-0.39, 0.29) is 5.91 Å². The number of carbonyl (C=O) groups is 1. The molecule has 1 rings (SSSR count). The Labute approximate surface area is 108 Å². The monoisotopic (exact) mass is 247 g/mol. The molecule has 1 heterocycles. The van der Waals surface area contributed by atoms with Gasteiger partial charge >= 0.3 is 0 Å². The number of allylic oxidation sites excluding steroid dienone is 3. The van der Waals surface area contributed by atoms with Crippen LogP contribution in [0.5, 0.6) is 0 Å². The summed E-state index contributed by atoms with van der Waals surface area (Å²) in [6.07, 6.45) is 9.54. The van der Waals surface area contributed by atoms with E-state index in [1.54, 1.807) is 6.20 Å². The Morgan fingerprint density at radius 1 is 1.50 bits per heavy atom. The third-order valence-corrected chi connectivity index (χ3v) is 2.49. The maximum Gasteiger partial charge on any atom is 0.271 e. The zero-order valence-electron chi connectivity index (χ0n) is 11.3. The van der Waals surface area contributed by atoms with Crippen molar-refractivity contribution in [3.8, 4) is 0 Å². The van der Waals surface area contributed by atoms with Gasteiger partial charge in [0.05, 0.1) is 0 Å². The van der Waals surface area contributed by atoms with Crippen LogP contribution in [0.25, 0.3) is 0 Å². The summed E-state index contributed by atoms with van der Waals surface area (Å²) < 4.78 is 0. The second kappa shape index (κ2) is 7.48. The fourth-order valence-electron chi connectivity index (χ4n) is 1.54. The van der Waals surface area contributed by atoms with Crippen molar-refractivity contribution in [2.45, 2.75) is 33.6 Å². The van der Waals surface area contributed by atoms with Crippen LogP contribution in [0.4, 0.5) is 0 Å². The molecule has 1 aromatic heterocycles. The normalized spacial score (nSPS) is 12.1. The van der Waals surface area contributed by atoms with Crippen molar-refractivity contribution in [2.24, 2.45) is 0 Å². The molecule has 4 heteroatoms. The lowest BCUT2D eigenvalue weighted by atomic mass is 10.2. The van der Waals surface area contributed by atoms with E-state index in [0.29, 0.717) is 12.2 Å². The first-order chi connectivity index (χ1) is 8.67. The molecule has 0 aliphatic rings. The topological polar surface area (TPSA) is 57.8 Å². The first-order valence-corrected chi connectivity index (χ1v) is 6.33. The van der Waals surface area contributed by atoms with Gasteiger partial charge in [0.25, 0.3) is 5.91 Å². The van der Waals surface area contributed by atoms with Crippen molar-refractivity contribution < 1.29 is 4.79 Å². The van der Waals surface area contributed by atoms with Gasteiger partial charge in [0.15, 0.2) is 0 Å². The van der Waals surface area contributed by atoms with Gasteiger partial charge < -0.3 is 10.3 Å². The summed E-state index contributed by atoms with van der Waals surface area (Å²) in [5.74, 6) is 0.685. The average molecular weight is 247 g/mol. The number of rotatable bonds is 6. The van der Waals surface area contributed by atoms with Gasteiger partial charge in [0.1, 0.15) is 11.5 Å². The number of imidazole rings is 1. The van der Waals surface area contributed by atoms with E-state index < -0.39 is 0 Å². The molecule has 0 aliphatic heterocycles. The van der Waals surface area contributed by atoms with Crippen LogP contribution in [0.3, 0.4) is 0 Å². The van der Waals surface area contributed by atoms with E-state index >= 15 is 0 Å². The molecule has 0 radical (unpaired) electrons. The molecule has 0 aliphatic carbocycles. The van der Waals surface area contributed by atoms with Crippen LogP contribution >= 0.6 is 0 Å². The highest BCUT2D eigenvalue weighted by Gasteiger charge is 2.07. The minimum Gasteiger partial charge on any atom is -0.348 e. The predicted octanol–water partition coefficient (Wildman–Crippen LogP) is 2.61. The minimum absolute atomic E-state index is 0.146. The van der Waals surface area contributed by atoms with Gasteiger partial charge in [-0.25, -0.2) is 4.98 Å². The first kappa shape index (κ1) is 14.2. The molecule has 1 aromatic rings. The number of amides is 1. The molecule has 2 N–H and O–H groups in total. The molecular formula is C14H21N3O. The lowest BCUT2D eigenvalue weighted by Crippen LogP contribution is -2.23. The van der Waals surface area contributed by atoms with Gasteiger partial charge in [-0.15, -0.1) is 0 Å². The average Bonchev–Trinajstić information content (AvgIpc) is 2.83. The Hall–Kier alpha value is -1.84. The van der Waals surface area contributed by atoms with Gasteiger partial charge in [-0.05, 0) is 13.3 Å². The van der Waals surface area contributed by atoms with Crippen LogP contribution < -0.4 is 5.32 Å². The van der Waals surface area contributed by atoms with Crippen molar-refractivity contribution in [3.05, 3.63) is 41.5 Å². The van der Waals surface area contributed by atoms with E-state index in [0.717, 1.165) is 18.7 Å². The quantitative estimate of drug-likeness (QED) is 0.759. The van der Waals surface area contributed by atoms with E-state index in [9.17, 15) is 4.79 Å². The van der Waals surface area contributed by atoms with Crippen LogP contribution in [0.2, 0.25) is 0 Å². The molecule has 0 fully saturated rings. The first-order valence-electron chi connectivity index (χ1n) is 6.33. The standard InChI is InChI=1S/C14H21N3O/c1-4-7-11(3)8-6-9-15-14(18)12-10-16-13(5-2)17-12/h6-8,10H,4-5,9H2,1-3H3,(H,15,18)(H,16,17)/b8-6-,11-7+. The zero-order valence-corrected chi connectivity index (χ0v) is 11.3. The Morgan fingerprint density at radius 3 is 2.89 bits per heavy atom. The van der Waals surface area contributed by atoms with Gasteiger partial charge in [-0.3, -0.25) is 4.79 Å². The second-order valence-corrected chi connectivity index (χ2v) is 4.05. The number of hydrogen-bond donors (Lipinski definition) is 2. The molecule has 0 bridgehead atoms. The lowest BCUT2D eigenvalue weighted by Gasteiger charge is -1.98. The van der Waals surface area contributed by atoms with E-state index in [4.69, 9.17) is 0 Å². The summed E-state index contributed by atoms with van der Waals surface area (Å²) in [5, 5.41) is 2.80. The fourth-order valence-corrected chi connectivity index (χ4v) is 1.54. The number of nitrogens with one attached hydrogen (secondary N) is 2. The molecule has 0 unspecified atom stereocenters. The summed E-state index contributed by atoms with van der Waals surface area (Å²) in [4.78, 5) is 18.8. The highest BCUT2D eigenvalue weighted by molar-refractivity contribution is 5.92. The third kappa shape index (κ3) is 4.57. The molecule has 0 atom stereocenters. The molecular weight excluding hydrogens is 226 g/mol. The molecule has 0 saturated heterocycles. The van der Waals surface area contributed by atoms with Crippen molar-refractivity contribution in [1.82, 2.24) is 15.3 Å². The lowest BCUT2D eigenvalue weighted by molar-refractivity contribution is 0.0953. The number of aromatic nitrogens is 2. The van der Waals surface area contributed by atoms with Crippen LogP contribution in [-0.4, -0.2) is 22.4 Å². The van der Waals surface area contributed by atoms with Crippen molar-refractivity contribution in [2.75, 3.05) is 6.54 Å². The molecule has 1 amide bonds. The maximum atomic E-state index is 11.7. The predicted molar refractivity (Wildman–Crippen MR) is 73.5 cm³/mol. The van der Waals surface area contributed by atoms with Gasteiger partial charge in [0.2, 0.25) is 0 Å². The number of H-pyrrole nitrogens is 1. The van der Waals surface area contributed by atoms with Gasteiger partial charge in [-0.1, -0.05) is 37.6 Å². The van der Waals surface area contributed by atoms with Crippen LogP contribution in [0.15, 0.2) is 30.0 Å². The summed E-state index contributed by atoms with van der Waals surface area (Å²) in [6.45, 7) is 6.65. The van der Waals surface area contributed by atoms with Crippen molar-refractivity contribution in [3.63, 3.8) is 0 Å². The maximum absolute atomic E-state index is 11.7. The number of aryl methyl sites for hydroxylation is 1. The SMILES string of the molecule is CC/C=C(C)/C=C\CNC(=O)c1c[nH]c(CC)n1. The Bertz CT molecular complexity index is 444. The summed E-state index contributed by atoms with van der Waals surface area (Å²) >= 11 is 0. The molecule has 0 aromatic carbocycles. The third-order valence-electron chi connectivity index (χ3n) is 2.49. The molecule has 4 nitrogen and oxygen atoms in total. The molecule has 0 spiro atoms. The number of aromatic amines is 1. The van der Waals surface area contributed by atoms with Gasteiger partial charge in [0, 0.05) is 19.2 Å². The van der Waals surface area contributed by atoms with E-state index in [2.05, 4.69) is 28.3 Å². The van der Waals surface area contributed by atoms with Crippen LogP contribution in [0, 0.1) is 0 Å². The fraction of sp³-hybridized carbons (Fsp3) is 0.429.